The van der Waals surface area contributed by atoms with Crippen LogP contribution in [0.15, 0.2) is 41.3 Å². The van der Waals surface area contributed by atoms with Gasteiger partial charge in [-0.05, 0) is 32.0 Å². The first-order chi connectivity index (χ1) is 9.50. The van der Waals surface area contributed by atoms with Gasteiger partial charge < -0.3 is 5.11 Å². The van der Waals surface area contributed by atoms with E-state index < -0.39 is 10.0 Å². The number of sulfonamides is 1. The van der Waals surface area contributed by atoms with E-state index in [1.54, 1.807) is 32.0 Å². The molecule has 0 bridgehead atoms. The smallest absolute Gasteiger partial charge is 0.265 e. The Labute approximate surface area is 123 Å². The highest BCUT2D eigenvalue weighted by Crippen LogP contribution is 2.30. The molecule has 0 amide bonds. The number of aryl methyl sites for hydroxylation is 1. The van der Waals surface area contributed by atoms with Crippen LogP contribution in [0.1, 0.15) is 16.7 Å². The zero-order valence-electron chi connectivity index (χ0n) is 11.4. The van der Waals surface area contributed by atoms with E-state index in [-0.39, 0.29) is 11.5 Å². The van der Waals surface area contributed by atoms with E-state index in [1.165, 1.54) is 15.6 Å². The highest BCUT2D eigenvalue weighted by atomic mass is 32.2. The molecule has 0 aliphatic heterocycles. The Morgan fingerprint density at radius 2 is 1.90 bits per heavy atom. The van der Waals surface area contributed by atoms with Crippen molar-refractivity contribution in [3.63, 3.8) is 0 Å². The van der Waals surface area contributed by atoms with Crippen LogP contribution in [0.25, 0.3) is 0 Å². The minimum absolute atomic E-state index is 0.140. The molecular formula is C14H17NO3S2. The van der Waals surface area contributed by atoms with Crippen LogP contribution in [0.2, 0.25) is 0 Å². The number of anilines is 1. The van der Waals surface area contributed by atoms with Gasteiger partial charge in [-0.25, -0.2) is 8.42 Å². The fraction of sp³-hybridized carbons (Fsp3) is 0.286. The van der Waals surface area contributed by atoms with Gasteiger partial charge in [-0.2, -0.15) is 0 Å². The lowest BCUT2D eigenvalue weighted by Gasteiger charge is -2.22. The molecule has 0 saturated heterocycles. The predicted octanol–water partition coefficient (Wildman–Crippen LogP) is 2.76. The molecule has 1 N–H and O–H groups in total. The lowest BCUT2D eigenvalue weighted by atomic mass is 10.3. The summed E-state index contributed by atoms with van der Waals surface area (Å²) in [6.07, 6.45) is 0. The highest BCUT2D eigenvalue weighted by Gasteiger charge is 2.26. The average Bonchev–Trinajstić information content (AvgIpc) is 2.82. The summed E-state index contributed by atoms with van der Waals surface area (Å²) >= 11 is 1.31. The molecule has 0 atom stereocenters. The number of aliphatic hydroxyl groups excluding tert-OH is 1. The second-order valence-electron chi connectivity index (χ2n) is 4.30. The Morgan fingerprint density at radius 3 is 2.40 bits per heavy atom. The molecule has 0 saturated carbocycles. The van der Waals surface area contributed by atoms with E-state index in [9.17, 15) is 8.42 Å². The van der Waals surface area contributed by atoms with Crippen molar-refractivity contribution in [3.8, 4) is 0 Å². The Morgan fingerprint density at radius 1 is 1.25 bits per heavy atom. The minimum atomic E-state index is -3.59. The second kappa shape index (κ2) is 5.95. The van der Waals surface area contributed by atoms with Gasteiger partial charge in [0.2, 0.25) is 0 Å². The number of para-hydroxylation sites is 1. The predicted molar refractivity (Wildman–Crippen MR) is 81.6 cm³/mol. The first kappa shape index (κ1) is 15.0. The van der Waals surface area contributed by atoms with Gasteiger partial charge >= 0.3 is 0 Å². The van der Waals surface area contributed by atoms with Crippen LogP contribution in [0.3, 0.4) is 0 Å². The van der Waals surface area contributed by atoms with Crippen molar-refractivity contribution in [1.82, 2.24) is 0 Å². The van der Waals surface area contributed by atoms with Crippen molar-refractivity contribution in [3.05, 3.63) is 46.2 Å². The maximum atomic E-state index is 12.8. The molecule has 0 aliphatic carbocycles. The van der Waals surface area contributed by atoms with E-state index in [4.69, 9.17) is 5.11 Å². The molecule has 1 aromatic heterocycles. The standard InChI is InChI=1S/C14H17NO3S2/c1-3-15(12-7-5-4-6-8-12)20(17,18)14-9-13(10-16)19-11(14)2/h4-9,16H,3,10H2,1-2H3. The minimum Gasteiger partial charge on any atom is -0.391 e. The van der Waals surface area contributed by atoms with Gasteiger partial charge in [0, 0.05) is 16.3 Å². The van der Waals surface area contributed by atoms with Crippen LogP contribution in [-0.2, 0) is 16.6 Å². The van der Waals surface area contributed by atoms with E-state index in [0.717, 1.165) is 0 Å². The van der Waals surface area contributed by atoms with E-state index in [0.29, 0.717) is 22.0 Å². The molecule has 0 radical (unpaired) electrons. The zero-order valence-corrected chi connectivity index (χ0v) is 13.0. The van der Waals surface area contributed by atoms with Gasteiger partial charge in [-0.1, -0.05) is 18.2 Å². The van der Waals surface area contributed by atoms with Crippen molar-refractivity contribution in [2.75, 3.05) is 10.8 Å². The van der Waals surface area contributed by atoms with Crippen LogP contribution >= 0.6 is 11.3 Å². The highest BCUT2D eigenvalue weighted by molar-refractivity contribution is 7.93. The summed E-state index contributed by atoms with van der Waals surface area (Å²) < 4.78 is 26.9. The summed E-state index contributed by atoms with van der Waals surface area (Å²) in [5.41, 5.74) is 0.645. The number of hydrogen-bond donors (Lipinski definition) is 1. The summed E-state index contributed by atoms with van der Waals surface area (Å²) in [6, 6.07) is 10.6. The average molecular weight is 311 g/mol. The van der Waals surface area contributed by atoms with Gasteiger partial charge in [0.25, 0.3) is 10.0 Å². The SMILES string of the molecule is CCN(c1ccccc1)S(=O)(=O)c1cc(CO)sc1C. The third kappa shape index (κ3) is 2.72. The number of rotatable bonds is 5. The van der Waals surface area contributed by atoms with Crippen LogP contribution in [-0.4, -0.2) is 20.1 Å². The van der Waals surface area contributed by atoms with Gasteiger partial charge in [-0.15, -0.1) is 11.3 Å². The van der Waals surface area contributed by atoms with E-state index >= 15 is 0 Å². The summed E-state index contributed by atoms with van der Waals surface area (Å²) in [5.74, 6) is 0. The number of hydrogen-bond acceptors (Lipinski definition) is 4. The van der Waals surface area contributed by atoms with E-state index in [1.807, 2.05) is 18.2 Å². The topological polar surface area (TPSA) is 57.6 Å². The quantitative estimate of drug-likeness (QED) is 0.923. The second-order valence-corrected chi connectivity index (χ2v) is 7.47. The first-order valence-electron chi connectivity index (χ1n) is 6.28. The third-order valence-corrected chi connectivity index (χ3v) is 6.17. The zero-order chi connectivity index (χ0) is 14.8. The summed E-state index contributed by atoms with van der Waals surface area (Å²) in [5, 5.41) is 9.16. The van der Waals surface area contributed by atoms with Crippen LogP contribution < -0.4 is 4.31 Å². The van der Waals surface area contributed by atoms with Gasteiger partial charge in [0.15, 0.2) is 0 Å². The van der Waals surface area contributed by atoms with Crippen LogP contribution in [0, 0.1) is 6.92 Å². The summed E-state index contributed by atoms with van der Waals surface area (Å²) in [6.45, 7) is 3.78. The lowest BCUT2D eigenvalue weighted by molar-refractivity contribution is 0.285. The molecule has 0 fully saturated rings. The summed E-state index contributed by atoms with van der Waals surface area (Å²) in [4.78, 5) is 1.63. The van der Waals surface area contributed by atoms with Gasteiger partial charge in [-0.3, -0.25) is 4.31 Å². The fourth-order valence-electron chi connectivity index (χ4n) is 2.06. The monoisotopic (exact) mass is 311 g/mol. The number of aliphatic hydroxyl groups is 1. The molecule has 6 heteroatoms. The Balaban J connectivity index is 2.49. The number of thiophene rings is 1. The molecule has 0 aliphatic rings. The van der Waals surface area contributed by atoms with Crippen molar-refractivity contribution < 1.29 is 13.5 Å². The van der Waals surface area contributed by atoms with Crippen molar-refractivity contribution in [2.24, 2.45) is 0 Å². The van der Waals surface area contributed by atoms with Crippen molar-refractivity contribution in [2.45, 2.75) is 25.3 Å². The van der Waals surface area contributed by atoms with Crippen LogP contribution in [0.5, 0.6) is 0 Å². The summed E-state index contributed by atoms with van der Waals surface area (Å²) in [7, 11) is -3.59. The Kier molecular flexibility index (Phi) is 4.47. The maximum Gasteiger partial charge on any atom is 0.265 e. The molecule has 1 aromatic carbocycles. The van der Waals surface area contributed by atoms with Crippen molar-refractivity contribution >= 4 is 27.0 Å². The molecule has 2 aromatic rings. The molecule has 20 heavy (non-hydrogen) atoms. The number of nitrogens with zero attached hydrogens (tertiary/aromatic N) is 1. The van der Waals surface area contributed by atoms with Gasteiger partial charge in [0.05, 0.1) is 12.3 Å². The molecule has 4 nitrogen and oxygen atoms in total. The third-order valence-electron chi connectivity index (χ3n) is 2.98. The first-order valence-corrected chi connectivity index (χ1v) is 8.54. The molecule has 0 unspecified atom stereocenters. The maximum absolute atomic E-state index is 12.8. The van der Waals surface area contributed by atoms with E-state index in [2.05, 4.69) is 0 Å². The normalized spacial score (nSPS) is 11.6. The molecule has 1 heterocycles. The molecule has 2 rings (SSSR count). The Bertz CT molecular complexity index is 678. The van der Waals surface area contributed by atoms with Gasteiger partial charge in [0.1, 0.15) is 4.90 Å². The lowest BCUT2D eigenvalue weighted by Crippen LogP contribution is -2.30. The Hall–Kier alpha value is -1.37. The molecule has 0 spiro atoms. The molecule has 108 valence electrons. The molecular weight excluding hydrogens is 294 g/mol. The van der Waals surface area contributed by atoms with Crippen molar-refractivity contribution in [1.29, 1.82) is 0 Å². The fourth-order valence-corrected chi connectivity index (χ4v) is 5.00. The largest absolute Gasteiger partial charge is 0.391 e. The number of benzene rings is 1. The van der Waals surface area contributed by atoms with Crippen LogP contribution in [0.4, 0.5) is 5.69 Å².